The Balaban J connectivity index is 1.39. The van der Waals surface area contributed by atoms with Crippen molar-refractivity contribution < 1.29 is 22.7 Å². The van der Waals surface area contributed by atoms with Crippen LogP contribution in [-0.2, 0) is 32.6 Å². The van der Waals surface area contributed by atoms with Crippen LogP contribution in [0.2, 0.25) is 5.02 Å². The Bertz CT molecular complexity index is 2070. The number of rotatable bonds is 14. The molecule has 5 aromatic carbocycles. The zero-order chi connectivity index (χ0) is 37.2. The van der Waals surface area contributed by atoms with E-state index in [2.05, 4.69) is 5.32 Å². The van der Waals surface area contributed by atoms with Crippen molar-refractivity contribution in [1.29, 1.82) is 0 Å². The summed E-state index contributed by atoms with van der Waals surface area (Å²) in [6, 6.07) is 38.1. The Hall–Kier alpha value is -5.12. The lowest BCUT2D eigenvalue weighted by atomic mass is 9.94. The zero-order valence-corrected chi connectivity index (χ0v) is 31.3. The van der Waals surface area contributed by atoms with Gasteiger partial charge in [0.2, 0.25) is 11.8 Å². The maximum absolute atomic E-state index is 14.9. The molecule has 0 heterocycles. The maximum atomic E-state index is 14.9. The number of para-hydroxylation sites is 1. The molecule has 1 unspecified atom stereocenters. The predicted octanol–water partition coefficient (Wildman–Crippen LogP) is 8.73. The Morgan fingerprint density at radius 2 is 1.38 bits per heavy atom. The molecule has 2 amide bonds. The molecule has 0 aliphatic heterocycles. The van der Waals surface area contributed by atoms with Crippen molar-refractivity contribution in [2.24, 2.45) is 0 Å². The molecule has 0 bridgehead atoms. The second kappa shape index (κ2) is 17.6. The van der Waals surface area contributed by atoms with Gasteiger partial charge in [0.15, 0.2) is 0 Å². The predicted molar refractivity (Wildman–Crippen MR) is 210 cm³/mol. The van der Waals surface area contributed by atoms with E-state index in [9.17, 15) is 18.0 Å². The number of ether oxygens (including phenoxy) is 1. The van der Waals surface area contributed by atoms with Gasteiger partial charge in [0.05, 0.1) is 10.6 Å². The first kappa shape index (κ1) is 37.6. The molecule has 10 heteroatoms. The van der Waals surface area contributed by atoms with Crippen LogP contribution in [0.5, 0.6) is 11.5 Å². The van der Waals surface area contributed by atoms with Gasteiger partial charge in [0.25, 0.3) is 10.0 Å². The SMILES string of the molecule is Cc1ccc(S(=O)(=O)N(CC(=O)N(Cc2ccccc2Cl)C(Cc2ccccc2)C(=O)NC2CCCCC2)c2ccc(Oc3ccccc3)cc2)cc1. The minimum atomic E-state index is -4.26. The van der Waals surface area contributed by atoms with Crippen LogP contribution in [0.3, 0.4) is 0 Å². The molecule has 1 aliphatic carbocycles. The lowest BCUT2D eigenvalue weighted by molar-refractivity contribution is -0.140. The van der Waals surface area contributed by atoms with E-state index in [1.54, 1.807) is 48.5 Å². The van der Waals surface area contributed by atoms with E-state index < -0.39 is 28.5 Å². The Morgan fingerprint density at radius 3 is 2.04 bits per heavy atom. The van der Waals surface area contributed by atoms with Crippen LogP contribution in [0.4, 0.5) is 5.69 Å². The number of halogens is 1. The molecule has 1 aliphatic rings. The topological polar surface area (TPSA) is 96.0 Å². The van der Waals surface area contributed by atoms with Crippen molar-refractivity contribution in [3.05, 3.63) is 155 Å². The van der Waals surface area contributed by atoms with Crippen molar-refractivity contribution in [3.63, 3.8) is 0 Å². The highest BCUT2D eigenvalue weighted by Crippen LogP contribution is 2.30. The number of hydrogen-bond donors (Lipinski definition) is 1. The number of nitrogens with zero attached hydrogens (tertiary/aromatic N) is 2. The van der Waals surface area contributed by atoms with E-state index in [4.69, 9.17) is 16.3 Å². The van der Waals surface area contributed by atoms with Crippen molar-refractivity contribution in [3.8, 4) is 11.5 Å². The summed E-state index contributed by atoms with van der Waals surface area (Å²) in [4.78, 5) is 30.7. The fraction of sp³-hybridized carbons (Fsp3) is 0.256. The van der Waals surface area contributed by atoms with Crippen LogP contribution in [-0.4, -0.2) is 43.8 Å². The molecule has 5 aromatic rings. The van der Waals surface area contributed by atoms with Gasteiger partial charge in [-0.25, -0.2) is 8.42 Å². The molecule has 6 rings (SSSR count). The number of benzene rings is 5. The van der Waals surface area contributed by atoms with Crippen LogP contribution < -0.4 is 14.4 Å². The normalized spacial score (nSPS) is 13.8. The molecule has 0 aromatic heterocycles. The molecule has 1 fully saturated rings. The second-order valence-electron chi connectivity index (χ2n) is 13.4. The minimum absolute atomic E-state index is 0.00169. The summed E-state index contributed by atoms with van der Waals surface area (Å²) in [5.74, 6) is 0.300. The van der Waals surface area contributed by atoms with Gasteiger partial charge in [-0.15, -0.1) is 0 Å². The monoisotopic (exact) mass is 749 g/mol. The van der Waals surface area contributed by atoms with Crippen molar-refractivity contribution in [1.82, 2.24) is 10.2 Å². The summed E-state index contributed by atoms with van der Waals surface area (Å²) in [5.41, 5.74) is 2.67. The molecule has 1 atom stereocenters. The lowest BCUT2D eigenvalue weighted by Gasteiger charge is -2.35. The first-order chi connectivity index (χ1) is 25.7. The molecule has 0 radical (unpaired) electrons. The molecule has 8 nitrogen and oxygen atoms in total. The second-order valence-corrected chi connectivity index (χ2v) is 15.7. The smallest absolute Gasteiger partial charge is 0.264 e. The van der Waals surface area contributed by atoms with Crippen LogP contribution in [0.1, 0.15) is 48.8 Å². The van der Waals surface area contributed by atoms with Crippen LogP contribution in [0.25, 0.3) is 0 Å². The van der Waals surface area contributed by atoms with E-state index in [-0.39, 0.29) is 35.5 Å². The largest absolute Gasteiger partial charge is 0.457 e. The van der Waals surface area contributed by atoms with Crippen LogP contribution in [0.15, 0.2) is 138 Å². The Labute approximate surface area is 317 Å². The molecular formula is C43H44ClN3O5S. The third kappa shape index (κ3) is 9.86. The number of carbonyl (C=O) groups is 2. The first-order valence-electron chi connectivity index (χ1n) is 18.0. The van der Waals surface area contributed by atoms with Crippen LogP contribution >= 0.6 is 11.6 Å². The summed E-state index contributed by atoms with van der Waals surface area (Å²) >= 11 is 6.66. The number of sulfonamides is 1. The van der Waals surface area contributed by atoms with E-state index >= 15 is 0 Å². The van der Waals surface area contributed by atoms with Gasteiger partial charge in [-0.3, -0.25) is 13.9 Å². The third-order valence-corrected chi connectivity index (χ3v) is 11.7. The highest BCUT2D eigenvalue weighted by Gasteiger charge is 2.35. The minimum Gasteiger partial charge on any atom is -0.457 e. The van der Waals surface area contributed by atoms with Gasteiger partial charge in [-0.05, 0) is 85.5 Å². The zero-order valence-electron chi connectivity index (χ0n) is 29.7. The average molecular weight is 750 g/mol. The van der Waals surface area contributed by atoms with Crippen molar-refractivity contribution in [2.75, 3.05) is 10.8 Å². The Morgan fingerprint density at radius 1 is 0.774 bits per heavy atom. The van der Waals surface area contributed by atoms with Gasteiger partial charge >= 0.3 is 0 Å². The summed E-state index contributed by atoms with van der Waals surface area (Å²) in [5, 5.41) is 3.68. The number of carbonyl (C=O) groups excluding carboxylic acids is 2. The van der Waals surface area contributed by atoms with Crippen molar-refractivity contribution in [2.45, 2.75) is 69.0 Å². The van der Waals surface area contributed by atoms with E-state index in [0.29, 0.717) is 22.1 Å². The van der Waals surface area contributed by atoms with E-state index in [1.807, 2.05) is 79.7 Å². The van der Waals surface area contributed by atoms with Gasteiger partial charge in [-0.1, -0.05) is 115 Å². The number of amides is 2. The number of anilines is 1. The maximum Gasteiger partial charge on any atom is 0.264 e. The number of hydrogen-bond acceptors (Lipinski definition) is 5. The third-order valence-electron chi connectivity index (χ3n) is 9.51. The quantitative estimate of drug-likeness (QED) is 0.123. The molecule has 53 heavy (non-hydrogen) atoms. The van der Waals surface area contributed by atoms with Crippen LogP contribution in [0, 0.1) is 6.92 Å². The molecule has 274 valence electrons. The number of nitrogens with one attached hydrogen (secondary N) is 1. The lowest BCUT2D eigenvalue weighted by Crippen LogP contribution is -2.55. The number of aryl methyl sites for hydroxylation is 1. The standard InChI is InChI=1S/C43H44ClN3O5S/c1-32-21-27-39(28-22-32)53(50,51)47(36-23-25-38(26-24-36)52-37-18-9-4-10-19-37)31-42(48)46(30-34-15-11-12-20-40(34)44)41(29-33-13-5-2-6-14-33)43(49)45-35-16-7-3-8-17-35/h2,4-6,9-15,18-28,35,41H,3,7-8,16-17,29-31H2,1H3,(H,45,49). The summed E-state index contributed by atoms with van der Waals surface area (Å²) in [7, 11) is -4.26. The van der Waals surface area contributed by atoms with E-state index in [0.717, 1.165) is 47.5 Å². The summed E-state index contributed by atoms with van der Waals surface area (Å²) < 4.78 is 36.0. The molecule has 1 saturated carbocycles. The van der Waals surface area contributed by atoms with Gasteiger partial charge in [-0.2, -0.15) is 0 Å². The first-order valence-corrected chi connectivity index (χ1v) is 19.8. The van der Waals surface area contributed by atoms with Gasteiger partial charge in [0.1, 0.15) is 24.1 Å². The molecule has 0 saturated heterocycles. The van der Waals surface area contributed by atoms with Crippen molar-refractivity contribution >= 4 is 39.1 Å². The van der Waals surface area contributed by atoms with Gasteiger partial charge in [0, 0.05) is 24.0 Å². The van der Waals surface area contributed by atoms with Gasteiger partial charge < -0.3 is 15.0 Å². The fourth-order valence-corrected chi connectivity index (χ4v) is 8.19. The molecule has 1 N–H and O–H groups in total. The molecule has 0 spiro atoms. The Kier molecular flexibility index (Phi) is 12.5. The summed E-state index contributed by atoms with van der Waals surface area (Å²) in [6.07, 6.45) is 5.15. The summed E-state index contributed by atoms with van der Waals surface area (Å²) in [6.45, 7) is 1.30. The average Bonchev–Trinajstić information content (AvgIpc) is 3.17. The molecular weight excluding hydrogens is 706 g/mol. The highest BCUT2D eigenvalue weighted by atomic mass is 35.5. The fourth-order valence-electron chi connectivity index (χ4n) is 6.58. The van der Waals surface area contributed by atoms with E-state index in [1.165, 1.54) is 17.0 Å². The highest BCUT2D eigenvalue weighted by molar-refractivity contribution is 7.92.